The molecule has 0 atom stereocenters. The summed E-state index contributed by atoms with van der Waals surface area (Å²) in [6.07, 6.45) is 5.09. The molecule has 3 aromatic heterocycles. The zero-order valence-corrected chi connectivity index (χ0v) is 14.2. The zero-order chi connectivity index (χ0) is 16.7. The number of aryl methyl sites for hydroxylation is 3. The number of rotatable bonds is 3. The number of fused-ring (bicyclic) bond motifs is 1. The molecule has 0 unspecified atom stereocenters. The molecule has 0 spiro atoms. The second kappa shape index (κ2) is 5.62. The van der Waals surface area contributed by atoms with E-state index in [1.165, 1.54) is 22.2 Å². The van der Waals surface area contributed by atoms with Gasteiger partial charge in [-0.25, -0.2) is 4.98 Å². The highest BCUT2D eigenvalue weighted by Gasteiger charge is 2.21. The van der Waals surface area contributed by atoms with Crippen LogP contribution in [-0.4, -0.2) is 37.2 Å². The summed E-state index contributed by atoms with van der Waals surface area (Å²) in [5, 5.41) is 4.63. The molecule has 3 heterocycles. The summed E-state index contributed by atoms with van der Waals surface area (Å²) < 4.78 is 3.13. The van der Waals surface area contributed by atoms with Crippen LogP contribution in [0.5, 0.6) is 0 Å². The Labute approximate surface area is 136 Å². The lowest BCUT2D eigenvalue weighted by molar-refractivity contribution is 0.0789. The van der Waals surface area contributed by atoms with Crippen molar-refractivity contribution in [2.45, 2.75) is 13.5 Å². The molecule has 120 valence electrons. The predicted octanol–water partition coefficient (Wildman–Crippen LogP) is 1.31. The first-order valence-corrected chi connectivity index (χ1v) is 7.88. The van der Waals surface area contributed by atoms with E-state index in [-0.39, 0.29) is 11.5 Å². The number of nitrogens with zero attached hydrogens (tertiary/aromatic N) is 5. The normalized spacial score (nSPS) is 11.1. The molecule has 23 heavy (non-hydrogen) atoms. The zero-order valence-electron chi connectivity index (χ0n) is 13.4. The fourth-order valence-electron chi connectivity index (χ4n) is 2.49. The summed E-state index contributed by atoms with van der Waals surface area (Å²) >= 11 is 1.26. The van der Waals surface area contributed by atoms with Crippen LogP contribution in [0.25, 0.3) is 10.2 Å². The maximum Gasteiger partial charge on any atom is 0.264 e. The van der Waals surface area contributed by atoms with Crippen LogP contribution in [0.15, 0.2) is 23.5 Å². The van der Waals surface area contributed by atoms with E-state index in [4.69, 9.17) is 0 Å². The standard InChI is InChI=1S/C15H17N5O2S/c1-9-11-13(16-8-19(3)14(11)21)23-12(9)15(22)18(2)6-10-5-17-20(4)7-10/h5,7-8H,6H2,1-4H3. The van der Waals surface area contributed by atoms with Gasteiger partial charge in [0.25, 0.3) is 11.5 Å². The van der Waals surface area contributed by atoms with Gasteiger partial charge in [-0.2, -0.15) is 5.10 Å². The van der Waals surface area contributed by atoms with Gasteiger partial charge in [0, 0.05) is 39.4 Å². The Morgan fingerprint density at radius 3 is 2.78 bits per heavy atom. The molecule has 0 saturated carbocycles. The molecule has 0 aliphatic rings. The van der Waals surface area contributed by atoms with E-state index in [2.05, 4.69) is 10.1 Å². The predicted molar refractivity (Wildman–Crippen MR) is 88.6 cm³/mol. The lowest BCUT2D eigenvalue weighted by atomic mass is 10.2. The van der Waals surface area contributed by atoms with Crippen molar-refractivity contribution in [1.29, 1.82) is 0 Å². The first-order chi connectivity index (χ1) is 10.9. The number of amides is 1. The van der Waals surface area contributed by atoms with E-state index >= 15 is 0 Å². The molecule has 0 aliphatic carbocycles. The summed E-state index contributed by atoms with van der Waals surface area (Å²) in [4.78, 5) is 32.0. The van der Waals surface area contributed by atoms with E-state index in [0.29, 0.717) is 27.2 Å². The molecule has 0 aromatic carbocycles. The number of hydrogen-bond acceptors (Lipinski definition) is 5. The fraction of sp³-hybridized carbons (Fsp3) is 0.333. The number of hydrogen-bond donors (Lipinski definition) is 0. The van der Waals surface area contributed by atoms with Crippen LogP contribution in [0, 0.1) is 6.92 Å². The lowest BCUT2D eigenvalue weighted by Crippen LogP contribution is -2.26. The van der Waals surface area contributed by atoms with Crippen LogP contribution in [-0.2, 0) is 20.6 Å². The van der Waals surface area contributed by atoms with E-state index < -0.39 is 0 Å². The van der Waals surface area contributed by atoms with Gasteiger partial charge in [-0.1, -0.05) is 0 Å². The summed E-state index contributed by atoms with van der Waals surface area (Å²) in [5.41, 5.74) is 1.52. The van der Waals surface area contributed by atoms with E-state index in [1.807, 2.05) is 13.2 Å². The average Bonchev–Trinajstić information content (AvgIpc) is 3.06. The van der Waals surface area contributed by atoms with Gasteiger partial charge in [-0.05, 0) is 12.5 Å². The first-order valence-electron chi connectivity index (χ1n) is 7.06. The Hall–Kier alpha value is -2.48. The van der Waals surface area contributed by atoms with Crippen molar-refractivity contribution in [2.75, 3.05) is 7.05 Å². The highest BCUT2D eigenvalue weighted by Crippen LogP contribution is 2.27. The number of carbonyl (C=O) groups excluding carboxylic acids is 1. The third-order valence-electron chi connectivity index (χ3n) is 3.73. The van der Waals surface area contributed by atoms with Crippen LogP contribution in [0.1, 0.15) is 20.8 Å². The highest BCUT2D eigenvalue weighted by molar-refractivity contribution is 7.20. The molecule has 7 nitrogen and oxygen atoms in total. The Morgan fingerprint density at radius 1 is 1.39 bits per heavy atom. The molecule has 0 saturated heterocycles. The Kier molecular flexibility index (Phi) is 3.77. The Balaban J connectivity index is 1.96. The largest absolute Gasteiger partial charge is 0.337 e. The summed E-state index contributed by atoms with van der Waals surface area (Å²) in [7, 11) is 5.23. The molecule has 1 amide bonds. The van der Waals surface area contributed by atoms with Crippen molar-refractivity contribution in [2.24, 2.45) is 14.1 Å². The minimum atomic E-state index is -0.127. The van der Waals surface area contributed by atoms with Crippen LogP contribution < -0.4 is 5.56 Å². The smallest absolute Gasteiger partial charge is 0.264 e. The molecule has 0 aliphatic heterocycles. The van der Waals surface area contributed by atoms with Gasteiger partial charge in [0.15, 0.2) is 0 Å². The molecule has 0 bridgehead atoms. The minimum Gasteiger partial charge on any atom is -0.337 e. The van der Waals surface area contributed by atoms with Gasteiger partial charge in [0.1, 0.15) is 4.83 Å². The topological polar surface area (TPSA) is 73.0 Å². The molecule has 8 heteroatoms. The van der Waals surface area contributed by atoms with Crippen molar-refractivity contribution in [3.05, 3.63) is 45.1 Å². The summed E-state index contributed by atoms with van der Waals surface area (Å²) in [6.45, 7) is 2.26. The number of thiophene rings is 1. The summed E-state index contributed by atoms with van der Waals surface area (Å²) in [5.74, 6) is -0.114. The second-order valence-electron chi connectivity index (χ2n) is 5.58. The Morgan fingerprint density at radius 2 is 2.13 bits per heavy atom. The van der Waals surface area contributed by atoms with Crippen LogP contribution in [0.4, 0.5) is 0 Å². The van der Waals surface area contributed by atoms with Crippen LogP contribution >= 0.6 is 11.3 Å². The molecular formula is C15H17N5O2S. The molecule has 0 radical (unpaired) electrons. The third kappa shape index (κ3) is 2.65. The van der Waals surface area contributed by atoms with Crippen molar-refractivity contribution in [3.63, 3.8) is 0 Å². The van der Waals surface area contributed by atoms with Crippen molar-refractivity contribution >= 4 is 27.5 Å². The molecule has 0 fully saturated rings. The van der Waals surface area contributed by atoms with E-state index in [0.717, 1.165) is 5.56 Å². The monoisotopic (exact) mass is 331 g/mol. The van der Waals surface area contributed by atoms with Gasteiger partial charge >= 0.3 is 0 Å². The van der Waals surface area contributed by atoms with Crippen molar-refractivity contribution in [1.82, 2.24) is 24.2 Å². The molecule has 3 aromatic rings. The van der Waals surface area contributed by atoms with Gasteiger partial charge in [-0.3, -0.25) is 14.3 Å². The van der Waals surface area contributed by atoms with Gasteiger partial charge < -0.3 is 9.47 Å². The SMILES string of the molecule is Cc1c(C(=O)N(C)Cc2cnn(C)c2)sc2ncn(C)c(=O)c12. The average molecular weight is 331 g/mol. The molecule has 3 rings (SSSR count). The van der Waals surface area contributed by atoms with E-state index in [9.17, 15) is 9.59 Å². The number of aromatic nitrogens is 4. The maximum absolute atomic E-state index is 12.7. The maximum atomic E-state index is 12.7. The van der Waals surface area contributed by atoms with Crippen LogP contribution in [0.2, 0.25) is 0 Å². The van der Waals surface area contributed by atoms with Crippen LogP contribution in [0.3, 0.4) is 0 Å². The minimum absolute atomic E-state index is 0.114. The second-order valence-corrected chi connectivity index (χ2v) is 6.58. The highest BCUT2D eigenvalue weighted by atomic mass is 32.1. The summed E-state index contributed by atoms with van der Waals surface area (Å²) in [6, 6.07) is 0. The fourth-order valence-corrected chi connectivity index (χ4v) is 3.62. The van der Waals surface area contributed by atoms with Gasteiger partial charge in [0.05, 0.1) is 22.8 Å². The Bertz CT molecular complexity index is 953. The quantitative estimate of drug-likeness (QED) is 0.725. The van der Waals surface area contributed by atoms with E-state index in [1.54, 1.807) is 36.8 Å². The first kappa shape index (κ1) is 15.4. The van der Waals surface area contributed by atoms with Gasteiger partial charge in [-0.15, -0.1) is 11.3 Å². The van der Waals surface area contributed by atoms with Crippen molar-refractivity contribution in [3.8, 4) is 0 Å². The third-order valence-corrected chi connectivity index (χ3v) is 4.92. The van der Waals surface area contributed by atoms with Gasteiger partial charge in [0.2, 0.25) is 0 Å². The molecule has 0 N–H and O–H groups in total. The molecular weight excluding hydrogens is 314 g/mol. The number of carbonyl (C=O) groups is 1. The van der Waals surface area contributed by atoms with Crippen molar-refractivity contribution < 1.29 is 4.79 Å². The lowest BCUT2D eigenvalue weighted by Gasteiger charge is -2.15.